The van der Waals surface area contributed by atoms with Gasteiger partial charge in [-0.15, -0.1) is 0 Å². The third-order valence-electron chi connectivity index (χ3n) is 2.86. The molecule has 1 saturated heterocycles. The van der Waals surface area contributed by atoms with E-state index in [4.69, 9.17) is 5.11 Å². The van der Waals surface area contributed by atoms with Crippen LogP contribution in [0.5, 0.6) is 0 Å². The van der Waals surface area contributed by atoms with Gasteiger partial charge in [-0.1, -0.05) is 0 Å². The van der Waals surface area contributed by atoms with E-state index in [1.54, 1.807) is 0 Å². The summed E-state index contributed by atoms with van der Waals surface area (Å²) in [4.78, 5) is 2.14. The maximum atomic E-state index is 13.4. The molecule has 1 rings (SSSR count). The van der Waals surface area contributed by atoms with E-state index in [1.807, 2.05) is 0 Å². The normalized spacial score (nSPS) is 32.1. The molecule has 1 aliphatic heterocycles. The minimum Gasteiger partial charge on any atom is -0.396 e. The highest BCUT2D eigenvalue weighted by Crippen LogP contribution is 2.25. The Bertz CT molecular complexity index is 167. The molecule has 2 atom stereocenters. The lowest BCUT2D eigenvalue weighted by molar-refractivity contribution is 0.00864. The summed E-state index contributed by atoms with van der Waals surface area (Å²) in [6.07, 6.45) is -0.0902. The molecule has 0 aromatic carbocycles. The van der Waals surface area contributed by atoms with Gasteiger partial charge < -0.3 is 5.11 Å². The van der Waals surface area contributed by atoms with Crippen molar-refractivity contribution in [2.75, 3.05) is 19.7 Å². The third-order valence-corrected chi connectivity index (χ3v) is 2.86. The van der Waals surface area contributed by atoms with Crippen LogP contribution in [0, 0.1) is 5.92 Å². The van der Waals surface area contributed by atoms with E-state index in [1.165, 1.54) is 0 Å². The number of hydrogen-bond donors (Lipinski definition) is 1. The molecule has 1 heterocycles. The van der Waals surface area contributed by atoms with E-state index in [9.17, 15) is 4.39 Å². The van der Waals surface area contributed by atoms with Gasteiger partial charge in [0.05, 0.1) is 0 Å². The number of aliphatic hydroxyl groups excluding tert-OH is 1. The fraction of sp³-hybridized carbons (Fsp3) is 1.00. The molecule has 13 heavy (non-hydrogen) atoms. The van der Waals surface area contributed by atoms with Gasteiger partial charge in [-0.05, 0) is 33.7 Å². The molecule has 0 saturated carbocycles. The smallest absolute Gasteiger partial charge is 0.118 e. The molecule has 1 fully saturated rings. The number of likely N-dealkylation sites (tertiary alicyclic amines) is 1. The van der Waals surface area contributed by atoms with Gasteiger partial charge in [0.15, 0.2) is 0 Å². The summed E-state index contributed by atoms with van der Waals surface area (Å²) >= 11 is 0. The number of alkyl halides is 1. The van der Waals surface area contributed by atoms with Gasteiger partial charge in [0, 0.05) is 24.6 Å². The Balaban J connectivity index is 2.51. The molecule has 1 aliphatic rings. The molecule has 0 aromatic rings. The zero-order valence-corrected chi connectivity index (χ0v) is 8.76. The van der Waals surface area contributed by atoms with E-state index in [0.29, 0.717) is 6.54 Å². The maximum absolute atomic E-state index is 13.4. The zero-order chi connectivity index (χ0) is 10.1. The van der Waals surface area contributed by atoms with Gasteiger partial charge in [0.1, 0.15) is 6.17 Å². The Morgan fingerprint density at radius 1 is 1.46 bits per heavy atom. The summed E-state index contributed by atoms with van der Waals surface area (Å²) in [5, 5.41) is 8.89. The molecule has 0 radical (unpaired) electrons. The molecule has 0 bridgehead atoms. The lowest BCUT2D eigenvalue weighted by atomic mass is 9.92. The first-order chi connectivity index (χ1) is 5.95. The summed E-state index contributed by atoms with van der Waals surface area (Å²) in [6, 6.07) is 0. The van der Waals surface area contributed by atoms with Gasteiger partial charge in [-0.25, -0.2) is 4.39 Å². The van der Waals surface area contributed by atoms with Crippen LogP contribution in [0.15, 0.2) is 0 Å². The van der Waals surface area contributed by atoms with Crippen molar-refractivity contribution < 1.29 is 9.50 Å². The predicted octanol–water partition coefficient (Wildman–Crippen LogP) is 1.44. The molecule has 2 nitrogen and oxygen atoms in total. The summed E-state index contributed by atoms with van der Waals surface area (Å²) in [5.74, 6) is -0.140. The fourth-order valence-corrected chi connectivity index (χ4v) is 1.77. The molecule has 1 N–H and O–H groups in total. The van der Waals surface area contributed by atoms with Crippen molar-refractivity contribution in [2.45, 2.75) is 38.9 Å². The second-order valence-electron chi connectivity index (χ2n) is 4.86. The van der Waals surface area contributed by atoms with Gasteiger partial charge in [-0.2, -0.15) is 0 Å². The van der Waals surface area contributed by atoms with E-state index in [0.717, 1.165) is 13.0 Å². The molecule has 0 unspecified atom stereocenters. The topological polar surface area (TPSA) is 23.5 Å². The Morgan fingerprint density at radius 3 is 2.46 bits per heavy atom. The van der Waals surface area contributed by atoms with Crippen LogP contribution in [-0.4, -0.2) is 41.4 Å². The number of piperidine rings is 1. The largest absolute Gasteiger partial charge is 0.396 e. The number of hydrogen-bond acceptors (Lipinski definition) is 2. The lowest BCUT2D eigenvalue weighted by Gasteiger charge is -2.42. The van der Waals surface area contributed by atoms with Crippen LogP contribution in [0.25, 0.3) is 0 Å². The summed E-state index contributed by atoms with van der Waals surface area (Å²) in [6.45, 7) is 7.64. The molecule has 0 amide bonds. The average molecular weight is 189 g/mol. The Morgan fingerprint density at radius 2 is 2.08 bits per heavy atom. The first-order valence-electron chi connectivity index (χ1n) is 4.95. The highest BCUT2D eigenvalue weighted by Gasteiger charge is 2.33. The number of halogens is 1. The van der Waals surface area contributed by atoms with Gasteiger partial charge in [-0.3, -0.25) is 4.90 Å². The van der Waals surface area contributed by atoms with Crippen molar-refractivity contribution in [3.63, 3.8) is 0 Å². The summed E-state index contributed by atoms with van der Waals surface area (Å²) < 4.78 is 13.4. The number of rotatable bonds is 1. The number of nitrogens with zero attached hydrogens (tertiary/aromatic N) is 1. The minimum absolute atomic E-state index is 0.0147. The molecular weight excluding hydrogens is 169 g/mol. The highest BCUT2D eigenvalue weighted by atomic mass is 19.1. The monoisotopic (exact) mass is 189 g/mol. The number of aliphatic hydroxyl groups is 1. The van der Waals surface area contributed by atoms with Crippen molar-refractivity contribution in [1.29, 1.82) is 0 Å². The second kappa shape index (κ2) is 3.93. The standard InChI is InChI=1S/C10H20FNO/c1-10(2,3)12-5-4-8(7-13)9(11)6-12/h8-9,13H,4-7H2,1-3H3/t8-,9-/m1/s1. The van der Waals surface area contributed by atoms with Crippen LogP contribution in [0.1, 0.15) is 27.2 Å². The van der Waals surface area contributed by atoms with Crippen molar-refractivity contribution in [1.82, 2.24) is 4.90 Å². The molecule has 78 valence electrons. The van der Waals surface area contributed by atoms with Gasteiger partial charge in [0.2, 0.25) is 0 Å². The van der Waals surface area contributed by atoms with Gasteiger partial charge >= 0.3 is 0 Å². The molecular formula is C10H20FNO. The maximum Gasteiger partial charge on any atom is 0.118 e. The van der Waals surface area contributed by atoms with Crippen LogP contribution in [0.4, 0.5) is 4.39 Å². The SMILES string of the molecule is CC(C)(C)N1CC[C@H](CO)[C@H](F)C1. The van der Waals surface area contributed by atoms with Crippen LogP contribution < -0.4 is 0 Å². The average Bonchev–Trinajstić information content (AvgIpc) is 2.02. The summed E-state index contributed by atoms with van der Waals surface area (Å²) in [7, 11) is 0. The van der Waals surface area contributed by atoms with Crippen LogP contribution in [0.2, 0.25) is 0 Å². The van der Waals surface area contributed by atoms with E-state index >= 15 is 0 Å². The van der Waals surface area contributed by atoms with Gasteiger partial charge in [0.25, 0.3) is 0 Å². The molecule has 0 spiro atoms. The minimum atomic E-state index is -0.863. The van der Waals surface area contributed by atoms with E-state index in [-0.39, 0.29) is 18.1 Å². The first-order valence-corrected chi connectivity index (χ1v) is 4.95. The molecule has 3 heteroatoms. The molecule has 0 aliphatic carbocycles. The Labute approximate surface area is 79.7 Å². The van der Waals surface area contributed by atoms with Crippen molar-refractivity contribution in [3.8, 4) is 0 Å². The Hall–Kier alpha value is -0.150. The molecule has 0 aromatic heterocycles. The lowest BCUT2D eigenvalue weighted by Crippen LogP contribution is -2.51. The zero-order valence-electron chi connectivity index (χ0n) is 8.76. The predicted molar refractivity (Wildman–Crippen MR) is 51.4 cm³/mol. The third kappa shape index (κ3) is 2.64. The first kappa shape index (κ1) is 10.9. The second-order valence-corrected chi connectivity index (χ2v) is 4.86. The fourth-order valence-electron chi connectivity index (χ4n) is 1.77. The highest BCUT2D eigenvalue weighted by molar-refractivity contribution is 4.86. The summed E-state index contributed by atoms with van der Waals surface area (Å²) in [5.41, 5.74) is 0.0464. The van der Waals surface area contributed by atoms with Crippen LogP contribution >= 0.6 is 0 Å². The van der Waals surface area contributed by atoms with E-state index < -0.39 is 6.17 Å². The van der Waals surface area contributed by atoms with Crippen molar-refractivity contribution in [3.05, 3.63) is 0 Å². The quantitative estimate of drug-likeness (QED) is 0.674. The van der Waals surface area contributed by atoms with Crippen LogP contribution in [-0.2, 0) is 0 Å². The van der Waals surface area contributed by atoms with Crippen molar-refractivity contribution >= 4 is 0 Å². The Kier molecular flexibility index (Phi) is 3.30. The van der Waals surface area contributed by atoms with E-state index in [2.05, 4.69) is 25.7 Å². The van der Waals surface area contributed by atoms with Crippen LogP contribution in [0.3, 0.4) is 0 Å². The van der Waals surface area contributed by atoms with Crippen molar-refractivity contribution in [2.24, 2.45) is 5.92 Å².